The molecule has 1 aliphatic heterocycles. The van der Waals surface area contributed by atoms with Crippen molar-refractivity contribution in [3.05, 3.63) is 29.1 Å². The molecule has 0 aliphatic carbocycles. The predicted molar refractivity (Wildman–Crippen MR) is 65.3 cm³/mol. The van der Waals surface area contributed by atoms with E-state index in [2.05, 4.69) is 6.92 Å². The number of hydrogen-bond acceptors (Lipinski definition) is 3. The highest BCUT2D eigenvalue weighted by molar-refractivity contribution is 7.99. The van der Waals surface area contributed by atoms with E-state index in [-0.39, 0.29) is 11.9 Å². The van der Waals surface area contributed by atoms with Crippen LogP contribution in [-0.2, 0) is 5.75 Å². The Labute approximate surface area is 99.4 Å². The molecular weight excluding hydrogens is 225 g/mol. The van der Waals surface area contributed by atoms with Crippen molar-refractivity contribution in [2.75, 3.05) is 7.11 Å². The van der Waals surface area contributed by atoms with Gasteiger partial charge >= 0.3 is 0 Å². The van der Waals surface area contributed by atoms with Gasteiger partial charge in [-0.15, -0.1) is 0 Å². The van der Waals surface area contributed by atoms with E-state index >= 15 is 0 Å². The van der Waals surface area contributed by atoms with Gasteiger partial charge in [-0.1, -0.05) is 6.92 Å². The third-order valence-electron chi connectivity index (χ3n) is 3.04. The van der Waals surface area contributed by atoms with Crippen LogP contribution in [0.1, 0.15) is 30.5 Å². The molecule has 0 saturated heterocycles. The second kappa shape index (κ2) is 4.63. The zero-order valence-corrected chi connectivity index (χ0v) is 10.3. The Bertz CT molecular complexity index is 397. The molecular formula is C12H16FNOS. The van der Waals surface area contributed by atoms with Crippen molar-refractivity contribution in [3.8, 4) is 5.75 Å². The van der Waals surface area contributed by atoms with Crippen LogP contribution >= 0.6 is 11.8 Å². The third-order valence-corrected chi connectivity index (χ3v) is 4.55. The van der Waals surface area contributed by atoms with E-state index in [9.17, 15) is 4.39 Å². The Kier molecular flexibility index (Phi) is 3.40. The van der Waals surface area contributed by atoms with Gasteiger partial charge < -0.3 is 10.5 Å². The van der Waals surface area contributed by atoms with E-state index in [1.807, 2.05) is 6.07 Å². The molecule has 1 heterocycles. The van der Waals surface area contributed by atoms with Crippen LogP contribution in [0.15, 0.2) is 12.1 Å². The van der Waals surface area contributed by atoms with Crippen molar-refractivity contribution in [1.82, 2.24) is 0 Å². The number of hydrogen-bond donors (Lipinski definition) is 1. The number of nitrogens with two attached hydrogens (primary N) is 1. The van der Waals surface area contributed by atoms with Gasteiger partial charge in [-0.2, -0.15) is 11.8 Å². The maximum absolute atomic E-state index is 13.8. The molecule has 16 heavy (non-hydrogen) atoms. The lowest BCUT2D eigenvalue weighted by molar-refractivity contribution is 0.409. The zero-order chi connectivity index (χ0) is 11.7. The van der Waals surface area contributed by atoms with E-state index in [0.29, 0.717) is 16.8 Å². The normalized spacial score (nSPS) is 24.0. The number of benzene rings is 1. The Morgan fingerprint density at radius 2 is 2.31 bits per heavy atom. The van der Waals surface area contributed by atoms with E-state index in [1.165, 1.54) is 6.07 Å². The van der Waals surface area contributed by atoms with Gasteiger partial charge in [0.25, 0.3) is 0 Å². The minimum absolute atomic E-state index is 0.0941. The first-order chi connectivity index (χ1) is 7.67. The lowest BCUT2D eigenvalue weighted by Crippen LogP contribution is -2.28. The number of rotatable bonds is 2. The Morgan fingerprint density at radius 1 is 1.56 bits per heavy atom. The Balaban J connectivity index is 2.45. The van der Waals surface area contributed by atoms with Crippen LogP contribution < -0.4 is 10.5 Å². The monoisotopic (exact) mass is 241 g/mol. The lowest BCUT2D eigenvalue weighted by atomic mass is 9.96. The van der Waals surface area contributed by atoms with Crippen LogP contribution in [0.25, 0.3) is 0 Å². The molecule has 2 rings (SSSR count). The average Bonchev–Trinajstić information content (AvgIpc) is 2.30. The van der Waals surface area contributed by atoms with Gasteiger partial charge in [-0.25, -0.2) is 4.39 Å². The highest BCUT2D eigenvalue weighted by Crippen LogP contribution is 2.40. The first-order valence-corrected chi connectivity index (χ1v) is 6.45. The van der Waals surface area contributed by atoms with Crippen LogP contribution in [-0.4, -0.2) is 12.4 Å². The second-order valence-electron chi connectivity index (χ2n) is 3.96. The first kappa shape index (κ1) is 11.7. The molecule has 2 atom stereocenters. The Morgan fingerprint density at radius 3 is 2.94 bits per heavy atom. The number of ether oxygens (including phenoxy) is 1. The van der Waals surface area contributed by atoms with Crippen LogP contribution in [0.2, 0.25) is 0 Å². The highest BCUT2D eigenvalue weighted by Gasteiger charge is 2.28. The summed E-state index contributed by atoms with van der Waals surface area (Å²) in [5, 5.41) is 0.374. The molecule has 4 heteroatoms. The Hall–Kier alpha value is -0.740. The summed E-state index contributed by atoms with van der Waals surface area (Å²) in [7, 11) is 1.54. The second-order valence-corrected chi connectivity index (χ2v) is 5.19. The van der Waals surface area contributed by atoms with Gasteiger partial charge in [-0.05, 0) is 18.1 Å². The molecule has 1 aromatic carbocycles. The SMILES string of the molecule is CCC1SCc2c(F)cc(OC)cc2C1N. The van der Waals surface area contributed by atoms with E-state index in [4.69, 9.17) is 10.5 Å². The van der Waals surface area contributed by atoms with E-state index < -0.39 is 0 Å². The summed E-state index contributed by atoms with van der Waals surface area (Å²) in [5.74, 6) is 1.05. The molecule has 2 N–H and O–H groups in total. The maximum atomic E-state index is 13.8. The molecule has 2 unspecified atom stereocenters. The summed E-state index contributed by atoms with van der Waals surface area (Å²) in [6.07, 6.45) is 1.00. The van der Waals surface area contributed by atoms with Gasteiger partial charge in [0.1, 0.15) is 11.6 Å². The largest absolute Gasteiger partial charge is 0.497 e. The van der Waals surface area contributed by atoms with Crippen molar-refractivity contribution < 1.29 is 9.13 Å². The van der Waals surface area contributed by atoms with Crippen molar-refractivity contribution in [1.29, 1.82) is 0 Å². The van der Waals surface area contributed by atoms with Gasteiger partial charge in [-0.3, -0.25) is 0 Å². The maximum Gasteiger partial charge on any atom is 0.131 e. The summed E-state index contributed by atoms with van der Waals surface area (Å²) in [4.78, 5) is 0. The predicted octanol–water partition coefficient (Wildman–Crippen LogP) is 2.86. The van der Waals surface area contributed by atoms with Crippen LogP contribution in [0.5, 0.6) is 5.75 Å². The fourth-order valence-electron chi connectivity index (χ4n) is 2.07. The van der Waals surface area contributed by atoms with Gasteiger partial charge in [0.2, 0.25) is 0 Å². The molecule has 0 saturated carbocycles. The molecule has 2 nitrogen and oxygen atoms in total. The van der Waals surface area contributed by atoms with E-state index in [1.54, 1.807) is 18.9 Å². The minimum atomic E-state index is -0.202. The van der Waals surface area contributed by atoms with Gasteiger partial charge in [0.05, 0.1) is 7.11 Å². The quantitative estimate of drug-likeness (QED) is 0.864. The number of methoxy groups -OCH3 is 1. The molecule has 0 aromatic heterocycles. The highest BCUT2D eigenvalue weighted by atomic mass is 32.2. The topological polar surface area (TPSA) is 35.2 Å². The molecule has 1 aromatic rings. The number of fused-ring (bicyclic) bond motifs is 1. The third kappa shape index (κ3) is 1.92. The molecule has 88 valence electrons. The lowest BCUT2D eigenvalue weighted by Gasteiger charge is -2.30. The van der Waals surface area contributed by atoms with Crippen molar-refractivity contribution in [2.24, 2.45) is 5.73 Å². The van der Waals surface area contributed by atoms with Crippen LogP contribution in [0.3, 0.4) is 0 Å². The van der Waals surface area contributed by atoms with E-state index in [0.717, 1.165) is 17.5 Å². The summed E-state index contributed by atoms with van der Waals surface area (Å²) in [6.45, 7) is 2.11. The molecule has 0 amide bonds. The minimum Gasteiger partial charge on any atom is -0.497 e. The fraction of sp³-hybridized carbons (Fsp3) is 0.500. The molecule has 0 bridgehead atoms. The van der Waals surface area contributed by atoms with Crippen molar-refractivity contribution in [3.63, 3.8) is 0 Å². The number of thioether (sulfide) groups is 1. The fourth-order valence-corrected chi connectivity index (χ4v) is 3.34. The molecule has 1 aliphatic rings. The molecule has 0 spiro atoms. The smallest absolute Gasteiger partial charge is 0.131 e. The molecule has 0 radical (unpaired) electrons. The average molecular weight is 241 g/mol. The summed E-state index contributed by atoms with van der Waals surface area (Å²) >= 11 is 1.74. The summed E-state index contributed by atoms with van der Waals surface area (Å²) in [6, 6.07) is 3.20. The summed E-state index contributed by atoms with van der Waals surface area (Å²) in [5.41, 5.74) is 7.79. The van der Waals surface area contributed by atoms with Gasteiger partial charge in [0, 0.05) is 28.7 Å². The van der Waals surface area contributed by atoms with Crippen LogP contribution in [0.4, 0.5) is 4.39 Å². The van der Waals surface area contributed by atoms with Crippen molar-refractivity contribution in [2.45, 2.75) is 30.4 Å². The van der Waals surface area contributed by atoms with Crippen molar-refractivity contribution >= 4 is 11.8 Å². The van der Waals surface area contributed by atoms with Crippen LogP contribution in [0, 0.1) is 5.82 Å². The summed E-state index contributed by atoms with van der Waals surface area (Å²) < 4.78 is 18.9. The first-order valence-electron chi connectivity index (χ1n) is 5.40. The molecule has 0 fully saturated rings. The number of halogens is 1. The zero-order valence-electron chi connectivity index (χ0n) is 9.50. The van der Waals surface area contributed by atoms with Gasteiger partial charge in [0.15, 0.2) is 0 Å². The standard InChI is InChI=1S/C12H16FNOS/c1-3-11-12(14)8-4-7(15-2)5-10(13)9(8)6-16-11/h4-5,11-12H,3,6,14H2,1-2H3.